The Hall–Kier alpha value is -5.71. The van der Waals surface area contributed by atoms with Gasteiger partial charge in [0.05, 0.1) is 52.7 Å². The number of aryl methyl sites for hydroxylation is 2. The number of furan rings is 1. The maximum atomic E-state index is 13.8. The molecule has 250 valence electrons. The second-order valence-electron chi connectivity index (χ2n) is 11.7. The SMILES string of the molecule is CNC(=O)c1c(-c2ccc(C)cc2)oc2cc(N(C)S(C)(=O)=O)c(-c3cc(-c4cc5c(C#N)cccc5n4CCOC)c(=O)n(C)n3)cc12. The number of amides is 1. The van der Waals surface area contributed by atoms with Gasteiger partial charge in [-0.05, 0) is 37.3 Å². The Balaban J connectivity index is 1.68. The molecule has 1 amide bonds. The van der Waals surface area contributed by atoms with Crippen molar-refractivity contribution in [1.29, 1.82) is 5.26 Å². The van der Waals surface area contributed by atoms with Crippen molar-refractivity contribution in [2.24, 2.45) is 7.05 Å². The molecule has 0 unspecified atom stereocenters. The number of hydrogen-bond acceptors (Lipinski definition) is 8. The Morgan fingerprint density at radius 2 is 1.82 bits per heavy atom. The number of anilines is 1. The van der Waals surface area contributed by atoms with Gasteiger partial charge in [0, 0.05) is 68.3 Å². The topological polar surface area (TPSA) is 152 Å². The molecule has 0 fully saturated rings. The number of hydrogen-bond donors (Lipinski definition) is 1. The molecule has 3 aromatic carbocycles. The van der Waals surface area contributed by atoms with Gasteiger partial charge in [0.1, 0.15) is 11.3 Å². The summed E-state index contributed by atoms with van der Waals surface area (Å²) in [6.07, 6.45) is 1.08. The van der Waals surface area contributed by atoms with E-state index in [9.17, 15) is 23.3 Å². The Bertz CT molecular complexity index is 2490. The van der Waals surface area contributed by atoms with Crippen molar-refractivity contribution in [2.45, 2.75) is 13.5 Å². The molecule has 0 aliphatic rings. The van der Waals surface area contributed by atoms with Crippen LogP contribution in [0.3, 0.4) is 0 Å². The molecular weight excluding hydrogens is 644 g/mol. The molecule has 0 spiro atoms. The summed E-state index contributed by atoms with van der Waals surface area (Å²) >= 11 is 0. The third-order valence-electron chi connectivity index (χ3n) is 8.61. The molecule has 3 aromatic heterocycles. The molecule has 0 atom stereocenters. The smallest absolute Gasteiger partial charge is 0.275 e. The summed E-state index contributed by atoms with van der Waals surface area (Å²) in [4.78, 5) is 27.2. The third kappa shape index (κ3) is 5.85. The normalized spacial score (nSPS) is 11.6. The fourth-order valence-electron chi connectivity index (χ4n) is 5.99. The lowest BCUT2D eigenvalue weighted by molar-refractivity contribution is 0.0964. The maximum absolute atomic E-state index is 13.8. The van der Waals surface area contributed by atoms with Crippen molar-refractivity contribution in [3.63, 3.8) is 0 Å². The minimum absolute atomic E-state index is 0.228. The number of aromatic nitrogens is 3. The van der Waals surface area contributed by atoms with Crippen LogP contribution in [-0.2, 0) is 28.4 Å². The zero-order chi connectivity index (χ0) is 35.2. The summed E-state index contributed by atoms with van der Waals surface area (Å²) in [6, 6.07) is 21.8. The van der Waals surface area contributed by atoms with Crippen LogP contribution >= 0.6 is 0 Å². The van der Waals surface area contributed by atoms with E-state index in [1.807, 2.05) is 41.8 Å². The Labute approximate surface area is 282 Å². The van der Waals surface area contributed by atoms with Crippen LogP contribution in [0.25, 0.3) is 55.7 Å². The highest BCUT2D eigenvalue weighted by Crippen LogP contribution is 2.41. The molecule has 0 saturated carbocycles. The fourth-order valence-corrected chi connectivity index (χ4v) is 6.50. The number of sulfonamides is 1. The first-order valence-corrected chi connectivity index (χ1v) is 17.2. The van der Waals surface area contributed by atoms with E-state index in [4.69, 9.17) is 9.15 Å². The summed E-state index contributed by atoms with van der Waals surface area (Å²) in [7, 11) is 2.24. The number of methoxy groups -OCH3 is 1. The van der Waals surface area contributed by atoms with E-state index in [-0.39, 0.29) is 28.1 Å². The van der Waals surface area contributed by atoms with Gasteiger partial charge in [0.2, 0.25) is 10.0 Å². The number of carbonyl (C=O) groups is 1. The highest BCUT2D eigenvalue weighted by atomic mass is 32.2. The monoisotopic (exact) mass is 678 g/mol. The highest BCUT2D eigenvalue weighted by molar-refractivity contribution is 7.92. The van der Waals surface area contributed by atoms with E-state index in [0.717, 1.165) is 21.6 Å². The Morgan fingerprint density at radius 3 is 2.47 bits per heavy atom. The average Bonchev–Trinajstić information content (AvgIpc) is 3.65. The van der Waals surface area contributed by atoms with E-state index in [1.54, 1.807) is 43.5 Å². The molecular formula is C36H34N6O6S. The van der Waals surface area contributed by atoms with Crippen molar-refractivity contribution in [3.05, 3.63) is 93.8 Å². The van der Waals surface area contributed by atoms with E-state index in [0.29, 0.717) is 52.1 Å². The zero-order valence-corrected chi connectivity index (χ0v) is 28.7. The average molecular weight is 679 g/mol. The van der Waals surface area contributed by atoms with Gasteiger partial charge in [-0.25, -0.2) is 13.1 Å². The van der Waals surface area contributed by atoms with Crippen LogP contribution in [0.5, 0.6) is 0 Å². The van der Waals surface area contributed by atoms with E-state index in [1.165, 1.54) is 25.8 Å². The first kappa shape index (κ1) is 33.2. The Kier molecular flexibility index (Phi) is 8.62. The number of carbonyl (C=O) groups excluding carboxylic acids is 1. The van der Waals surface area contributed by atoms with Crippen molar-refractivity contribution in [1.82, 2.24) is 19.7 Å². The predicted octanol–water partition coefficient (Wildman–Crippen LogP) is 5.06. The van der Waals surface area contributed by atoms with Gasteiger partial charge in [0.15, 0.2) is 0 Å². The lowest BCUT2D eigenvalue weighted by Crippen LogP contribution is -2.26. The number of nitrogens with zero attached hydrogens (tertiary/aromatic N) is 5. The van der Waals surface area contributed by atoms with E-state index < -0.39 is 21.5 Å². The molecule has 0 aliphatic carbocycles. The summed E-state index contributed by atoms with van der Waals surface area (Å²) in [5, 5.41) is 18.2. The van der Waals surface area contributed by atoms with Gasteiger partial charge < -0.3 is 19.0 Å². The molecule has 0 bridgehead atoms. The summed E-state index contributed by atoms with van der Waals surface area (Å²) in [6.45, 7) is 2.69. The molecule has 6 aromatic rings. The maximum Gasteiger partial charge on any atom is 0.275 e. The third-order valence-corrected chi connectivity index (χ3v) is 9.80. The molecule has 1 N–H and O–H groups in total. The number of fused-ring (bicyclic) bond motifs is 2. The van der Waals surface area contributed by atoms with Gasteiger partial charge in [-0.3, -0.25) is 13.9 Å². The van der Waals surface area contributed by atoms with Crippen LogP contribution < -0.4 is 15.2 Å². The van der Waals surface area contributed by atoms with Crippen molar-refractivity contribution in [2.75, 3.05) is 38.4 Å². The molecule has 3 heterocycles. The van der Waals surface area contributed by atoms with Crippen LogP contribution in [-0.4, -0.2) is 62.7 Å². The standard InChI is InChI=1S/C36H34N6O6S/c1-21-10-12-22(13-11-21)34-33(35(43)38-2)27-16-25(30(19-32(27)48-34)41(4)49(6,45)46)28-17-26(36(44)40(3)39-28)31-18-24-23(20-37)8-7-9-29(24)42(31)14-15-47-5/h7-13,16-19H,14-15H2,1-6H3,(H,38,43). The van der Waals surface area contributed by atoms with Crippen LogP contribution in [0, 0.1) is 18.3 Å². The summed E-state index contributed by atoms with van der Waals surface area (Å²) in [5.41, 5.74) is 4.71. The zero-order valence-electron chi connectivity index (χ0n) is 27.9. The minimum atomic E-state index is -3.79. The molecule has 49 heavy (non-hydrogen) atoms. The summed E-state index contributed by atoms with van der Waals surface area (Å²) < 4.78 is 41.8. The van der Waals surface area contributed by atoms with Crippen LogP contribution in [0.4, 0.5) is 5.69 Å². The molecule has 6 rings (SSSR count). The van der Waals surface area contributed by atoms with Gasteiger partial charge in [-0.1, -0.05) is 35.9 Å². The number of nitriles is 1. The van der Waals surface area contributed by atoms with Crippen molar-refractivity contribution < 1.29 is 22.4 Å². The largest absolute Gasteiger partial charge is 0.455 e. The number of nitrogens with one attached hydrogen (secondary N) is 1. The van der Waals surface area contributed by atoms with Crippen LogP contribution in [0.15, 0.2) is 75.9 Å². The number of ether oxygens (including phenoxy) is 1. The quantitative estimate of drug-likeness (QED) is 0.223. The molecule has 12 nitrogen and oxygen atoms in total. The minimum Gasteiger partial charge on any atom is -0.455 e. The lowest BCUT2D eigenvalue weighted by Gasteiger charge is -2.21. The highest BCUT2D eigenvalue weighted by Gasteiger charge is 2.27. The summed E-state index contributed by atoms with van der Waals surface area (Å²) in [5.74, 6) is -0.0703. The van der Waals surface area contributed by atoms with E-state index >= 15 is 0 Å². The van der Waals surface area contributed by atoms with Crippen LogP contribution in [0.1, 0.15) is 21.5 Å². The first-order valence-electron chi connectivity index (χ1n) is 15.3. The van der Waals surface area contributed by atoms with Gasteiger partial charge in [-0.15, -0.1) is 0 Å². The van der Waals surface area contributed by atoms with Gasteiger partial charge in [0.25, 0.3) is 11.5 Å². The molecule has 0 aliphatic heterocycles. The lowest BCUT2D eigenvalue weighted by atomic mass is 10.00. The number of benzene rings is 3. The second kappa shape index (κ2) is 12.7. The van der Waals surface area contributed by atoms with Gasteiger partial charge >= 0.3 is 0 Å². The molecule has 0 saturated heterocycles. The van der Waals surface area contributed by atoms with Crippen molar-refractivity contribution >= 4 is 43.5 Å². The first-order chi connectivity index (χ1) is 23.4. The molecule has 13 heteroatoms. The fraction of sp³-hybridized carbons (Fsp3) is 0.222. The number of rotatable bonds is 9. The second-order valence-corrected chi connectivity index (χ2v) is 13.8. The van der Waals surface area contributed by atoms with Crippen molar-refractivity contribution in [3.8, 4) is 39.9 Å². The molecule has 0 radical (unpaired) electrons. The predicted molar refractivity (Wildman–Crippen MR) is 189 cm³/mol. The van der Waals surface area contributed by atoms with E-state index in [2.05, 4.69) is 16.5 Å². The Morgan fingerprint density at radius 1 is 1.08 bits per heavy atom. The van der Waals surface area contributed by atoms with Gasteiger partial charge in [-0.2, -0.15) is 10.4 Å². The van der Waals surface area contributed by atoms with Crippen LogP contribution in [0.2, 0.25) is 0 Å².